The number of nitrogen functional groups attached to an aromatic ring is 1. The van der Waals surface area contributed by atoms with Gasteiger partial charge in [-0.25, -0.2) is 4.98 Å². The maximum Gasteiger partial charge on any atom is 0.140 e. The minimum absolute atomic E-state index is 0.377. The standard InChI is InChI=1S/C15H13Cl2N3O/c1-20-13-4-3-9(21-2)7-12(13)19-15(20)8-5-10(16)14(18)11(17)6-8/h3-7H,18H2,1-2H3. The summed E-state index contributed by atoms with van der Waals surface area (Å²) in [6.07, 6.45) is 0. The molecule has 4 nitrogen and oxygen atoms in total. The molecule has 0 saturated carbocycles. The molecule has 0 atom stereocenters. The van der Waals surface area contributed by atoms with Crippen LogP contribution in [0, 0.1) is 0 Å². The van der Waals surface area contributed by atoms with E-state index in [2.05, 4.69) is 4.98 Å². The molecular weight excluding hydrogens is 309 g/mol. The van der Waals surface area contributed by atoms with Crippen LogP contribution in [0.15, 0.2) is 30.3 Å². The van der Waals surface area contributed by atoms with Gasteiger partial charge in [0.1, 0.15) is 11.6 Å². The number of ether oxygens (including phenoxy) is 1. The van der Waals surface area contributed by atoms with Crippen LogP contribution in [0.1, 0.15) is 0 Å². The second-order valence-electron chi connectivity index (χ2n) is 4.70. The van der Waals surface area contributed by atoms with Crippen LogP contribution in [0.5, 0.6) is 5.75 Å². The number of rotatable bonds is 2. The third-order valence-electron chi connectivity index (χ3n) is 3.43. The number of nitrogens with zero attached hydrogens (tertiary/aromatic N) is 2. The van der Waals surface area contributed by atoms with E-state index in [9.17, 15) is 0 Å². The van der Waals surface area contributed by atoms with Gasteiger partial charge in [0, 0.05) is 18.7 Å². The Morgan fingerprint density at radius 2 is 1.81 bits per heavy atom. The zero-order valence-corrected chi connectivity index (χ0v) is 13.0. The molecule has 0 spiro atoms. The van der Waals surface area contributed by atoms with Crippen molar-refractivity contribution in [2.24, 2.45) is 7.05 Å². The first-order chi connectivity index (χ1) is 10.0. The van der Waals surface area contributed by atoms with Gasteiger partial charge in [0.15, 0.2) is 0 Å². The average Bonchev–Trinajstić information content (AvgIpc) is 2.80. The van der Waals surface area contributed by atoms with Gasteiger partial charge in [-0.1, -0.05) is 23.2 Å². The Labute approximate surface area is 132 Å². The third kappa shape index (κ3) is 2.30. The Hall–Kier alpha value is -1.91. The molecule has 3 aromatic rings. The van der Waals surface area contributed by atoms with Crippen LogP contribution in [0.25, 0.3) is 22.4 Å². The minimum Gasteiger partial charge on any atom is -0.497 e. The molecule has 0 radical (unpaired) electrons. The number of methoxy groups -OCH3 is 1. The lowest BCUT2D eigenvalue weighted by Crippen LogP contribution is -1.94. The molecular formula is C15H13Cl2N3O. The smallest absolute Gasteiger partial charge is 0.140 e. The van der Waals surface area contributed by atoms with Crippen molar-refractivity contribution in [2.75, 3.05) is 12.8 Å². The van der Waals surface area contributed by atoms with Crippen molar-refractivity contribution < 1.29 is 4.74 Å². The van der Waals surface area contributed by atoms with Crippen LogP contribution in [0.4, 0.5) is 5.69 Å². The summed E-state index contributed by atoms with van der Waals surface area (Å²) in [5.74, 6) is 1.53. The lowest BCUT2D eigenvalue weighted by molar-refractivity contribution is 0.415. The van der Waals surface area contributed by atoms with E-state index in [1.165, 1.54) is 0 Å². The molecule has 0 unspecified atom stereocenters. The van der Waals surface area contributed by atoms with E-state index in [1.807, 2.05) is 29.8 Å². The normalized spacial score (nSPS) is 11.0. The molecule has 0 bridgehead atoms. The number of hydrogen-bond donors (Lipinski definition) is 1. The van der Waals surface area contributed by atoms with Crippen molar-refractivity contribution >= 4 is 39.9 Å². The summed E-state index contributed by atoms with van der Waals surface area (Å²) in [6, 6.07) is 9.28. The van der Waals surface area contributed by atoms with Crippen molar-refractivity contribution in [2.45, 2.75) is 0 Å². The number of imidazole rings is 1. The lowest BCUT2D eigenvalue weighted by atomic mass is 10.2. The molecule has 0 fully saturated rings. The van der Waals surface area contributed by atoms with Crippen molar-refractivity contribution in [3.63, 3.8) is 0 Å². The van der Waals surface area contributed by atoms with Crippen LogP contribution in [0.2, 0.25) is 10.0 Å². The molecule has 6 heteroatoms. The van der Waals surface area contributed by atoms with E-state index >= 15 is 0 Å². The fourth-order valence-corrected chi connectivity index (χ4v) is 2.77. The Balaban J connectivity index is 2.23. The molecule has 1 aromatic heterocycles. The van der Waals surface area contributed by atoms with Gasteiger partial charge in [-0.3, -0.25) is 0 Å². The molecule has 0 amide bonds. The van der Waals surface area contributed by atoms with Gasteiger partial charge in [-0.15, -0.1) is 0 Å². The number of benzene rings is 2. The predicted molar refractivity (Wildman–Crippen MR) is 87.1 cm³/mol. The second kappa shape index (κ2) is 5.13. The zero-order chi connectivity index (χ0) is 15.1. The second-order valence-corrected chi connectivity index (χ2v) is 5.52. The van der Waals surface area contributed by atoms with Gasteiger partial charge in [-0.2, -0.15) is 0 Å². The average molecular weight is 322 g/mol. The number of aryl methyl sites for hydroxylation is 1. The molecule has 21 heavy (non-hydrogen) atoms. The summed E-state index contributed by atoms with van der Waals surface area (Å²) in [5, 5.41) is 0.837. The number of nitrogens with two attached hydrogens (primary N) is 1. The van der Waals surface area contributed by atoms with Crippen molar-refractivity contribution in [3.05, 3.63) is 40.4 Å². The van der Waals surface area contributed by atoms with Crippen LogP contribution in [-0.4, -0.2) is 16.7 Å². The fraction of sp³-hybridized carbons (Fsp3) is 0.133. The highest BCUT2D eigenvalue weighted by atomic mass is 35.5. The highest BCUT2D eigenvalue weighted by Crippen LogP contribution is 2.34. The monoisotopic (exact) mass is 321 g/mol. The molecule has 0 aliphatic rings. The molecule has 108 valence electrons. The first-order valence-electron chi connectivity index (χ1n) is 6.26. The summed E-state index contributed by atoms with van der Waals surface area (Å²) in [4.78, 5) is 4.63. The Kier molecular flexibility index (Phi) is 3.43. The number of aromatic nitrogens is 2. The number of halogens is 2. The molecule has 1 heterocycles. The first kappa shape index (κ1) is 14.0. The van der Waals surface area contributed by atoms with Gasteiger partial charge >= 0.3 is 0 Å². The van der Waals surface area contributed by atoms with E-state index in [4.69, 9.17) is 33.7 Å². The molecule has 0 aliphatic heterocycles. The molecule has 0 saturated heterocycles. The maximum absolute atomic E-state index is 6.10. The van der Waals surface area contributed by atoms with Crippen molar-refractivity contribution in [1.82, 2.24) is 9.55 Å². The van der Waals surface area contributed by atoms with Gasteiger partial charge in [0.2, 0.25) is 0 Å². The number of hydrogen-bond acceptors (Lipinski definition) is 3. The maximum atomic E-state index is 6.10. The predicted octanol–water partition coefficient (Wildman–Crippen LogP) is 4.14. The fourth-order valence-electron chi connectivity index (χ4n) is 2.28. The zero-order valence-electron chi connectivity index (χ0n) is 11.5. The first-order valence-corrected chi connectivity index (χ1v) is 7.02. The summed E-state index contributed by atoms with van der Waals surface area (Å²) >= 11 is 12.2. The van der Waals surface area contributed by atoms with Gasteiger partial charge in [-0.05, 0) is 24.3 Å². The summed E-state index contributed by atoms with van der Waals surface area (Å²) in [5.41, 5.74) is 8.80. The summed E-state index contributed by atoms with van der Waals surface area (Å²) in [6.45, 7) is 0. The van der Waals surface area contributed by atoms with Gasteiger partial charge in [0.25, 0.3) is 0 Å². The largest absolute Gasteiger partial charge is 0.497 e. The van der Waals surface area contributed by atoms with Crippen LogP contribution >= 0.6 is 23.2 Å². The Morgan fingerprint density at radius 3 is 2.43 bits per heavy atom. The molecule has 2 N–H and O–H groups in total. The Bertz CT molecular complexity index is 819. The van der Waals surface area contributed by atoms with Crippen molar-refractivity contribution in [1.29, 1.82) is 0 Å². The molecule has 2 aromatic carbocycles. The number of fused-ring (bicyclic) bond motifs is 1. The highest BCUT2D eigenvalue weighted by molar-refractivity contribution is 6.39. The van der Waals surface area contributed by atoms with Gasteiger partial charge in [0.05, 0.1) is 33.9 Å². The molecule has 3 rings (SSSR count). The van der Waals surface area contributed by atoms with Gasteiger partial charge < -0.3 is 15.0 Å². The summed E-state index contributed by atoms with van der Waals surface area (Å²) in [7, 11) is 3.57. The lowest BCUT2D eigenvalue weighted by Gasteiger charge is -2.06. The minimum atomic E-state index is 0.377. The molecule has 0 aliphatic carbocycles. The van der Waals surface area contributed by atoms with Crippen LogP contribution < -0.4 is 10.5 Å². The third-order valence-corrected chi connectivity index (χ3v) is 4.05. The summed E-state index contributed by atoms with van der Waals surface area (Å²) < 4.78 is 7.20. The quantitative estimate of drug-likeness (QED) is 0.722. The Morgan fingerprint density at radius 1 is 1.14 bits per heavy atom. The highest BCUT2D eigenvalue weighted by Gasteiger charge is 2.13. The van der Waals surface area contributed by atoms with E-state index in [0.29, 0.717) is 15.7 Å². The van der Waals surface area contributed by atoms with Crippen molar-refractivity contribution in [3.8, 4) is 17.1 Å². The topological polar surface area (TPSA) is 53.1 Å². The number of anilines is 1. The van der Waals surface area contributed by atoms with E-state index in [-0.39, 0.29) is 0 Å². The van der Waals surface area contributed by atoms with E-state index in [1.54, 1.807) is 19.2 Å². The van der Waals surface area contributed by atoms with Crippen LogP contribution in [0.3, 0.4) is 0 Å². The van der Waals surface area contributed by atoms with Crippen LogP contribution in [-0.2, 0) is 7.05 Å². The van der Waals surface area contributed by atoms with E-state index in [0.717, 1.165) is 28.2 Å². The van der Waals surface area contributed by atoms with E-state index < -0.39 is 0 Å². The SMILES string of the molecule is COc1ccc2c(c1)nc(-c1cc(Cl)c(N)c(Cl)c1)n2C.